The van der Waals surface area contributed by atoms with Crippen molar-refractivity contribution in [2.45, 2.75) is 25.8 Å². The first kappa shape index (κ1) is 13.2. The Hall–Kier alpha value is -1.81. The molecular weight excluding hydrogens is 248 g/mol. The Balaban J connectivity index is 1.53. The summed E-state index contributed by atoms with van der Waals surface area (Å²) in [5.74, 6) is 0. The number of benzene rings is 1. The molecule has 0 radical (unpaired) electrons. The van der Waals surface area contributed by atoms with Crippen LogP contribution in [0.1, 0.15) is 23.1 Å². The minimum atomic E-state index is 0.927. The van der Waals surface area contributed by atoms with Crippen LogP contribution < -0.4 is 10.6 Å². The van der Waals surface area contributed by atoms with Crippen LogP contribution in [0.2, 0.25) is 0 Å². The molecule has 4 heteroatoms. The maximum Gasteiger partial charge on any atom is 0.0522 e. The number of aromatic nitrogens is 2. The summed E-state index contributed by atoms with van der Waals surface area (Å²) in [5, 5.41) is 11.3. The van der Waals surface area contributed by atoms with Gasteiger partial charge in [0.25, 0.3) is 0 Å². The van der Waals surface area contributed by atoms with E-state index in [9.17, 15) is 0 Å². The molecule has 0 saturated heterocycles. The van der Waals surface area contributed by atoms with Crippen molar-refractivity contribution in [3.63, 3.8) is 0 Å². The zero-order valence-electron chi connectivity index (χ0n) is 12.0. The van der Waals surface area contributed by atoms with E-state index in [1.54, 1.807) is 0 Å². The predicted octanol–water partition coefficient (Wildman–Crippen LogP) is 2.11. The molecule has 0 unspecified atom stereocenters. The Morgan fingerprint density at radius 2 is 2.35 bits per heavy atom. The monoisotopic (exact) mass is 270 g/mol. The van der Waals surface area contributed by atoms with Crippen molar-refractivity contribution < 1.29 is 0 Å². The lowest BCUT2D eigenvalue weighted by molar-refractivity contribution is 0.684. The van der Waals surface area contributed by atoms with E-state index in [-0.39, 0.29) is 0 Å². The number of hydrogen-bond donors (Lipinski definition) is 2. The Morgan fingerprint density at radius 3 is 3.20 bits per heavy atom. The first-order valence-electron chi connectivity index (χ1n) is 7.36. The highest BCUT2D eigenvalue weighted by Crippen LogP contribution is 2.25. The normalized spacial score (nSPS) is 13.8. The molecule has 2 aromatic rings. The second-order valence-corrected chi connectivity index (χ2v) is 5.43. The van der Waals surface area contributed by atoms with Gasteiger partial charge < -0.3 is 10.6 Å². The molecule has 0 bridgehead atoms. The predicted molar refractivity (Wildman–Crippen MR) is 81.9 cm³/mol. The molecule has 2 N–H and O–H groups in total. The molecule has 0 amide bonds. The smallest absolute Gasteiger partial charge is 0.0522 e. The van der Waals surface area contributed by atoms with E-state index in [1.165, 1.54) is 35.2 Å². The number of rotatable bonds is 5. The standard InChI is InChI=1S/C16H22N4/c1-20-12-13(10-19-20)7-9-17-11-15-5-2-4-14-6-3-8-18-16(14)15/h2,4-5,10,12,17-18H,3,6-9,11H2,1H3. The highest BCUT2D eigenvalue weighted by molar-refractivity contribution is 5.59. The molecule has 1 aromatic heterocycles. The Labute approximate surface area is 120 Å². The van der Waals surface area contributed by atoms with E-state index >= 15 is 0 Å². The van der Waals surface area contributed by atoms with Crippen molar-refractivity contribution in [1.82, 2.24) is 15.1 Å². The fourth-order valence-corrected chi connectivity index (χ4v) is 2.79. The summed E-state index contributed by atoms with van der Waals surface area (Å²) in [6.07, 6.45) is 7.48. The molecule has 20 heavy (non-hydrogen) atoms. The van der Waals surface area contributed by atoms with E-state index in [0.29, 0.717) is 0 Å². The molecule has 106 valence electrons. The van der Waals surface area contributed by atoms with Crippen LogP contribution in [0.25, 0.3) is 0 Å². The van der Waals surface area contributed by atoms with E-state index < -0.39 is 0 Å². The van der Waals surface area contributed by atoms with Crippen LogP contribution in [0, 0.1) is 0 Å². The molecule has 0 aliphatic carbocycles. The average Bonchev–Trinajstić information content (AvgIpc) is 2.89. The largest absolute Gasteiger partial charge is 0.385 e. The van der Waals surface area contributed by atoms with Gasteiger partial charge in [0.05, 0.1) is 6.20 Å². The van der Waals surface area contributed by atoms with Crippen molar-refractivity contribution in [2.75, 3.05) is 18.4 Å². The van der Waals surface area contributed by atoms with Gasteiger partial charge in [-0.05, 0) is 42.5 Å². The number of hydrogen-bond acceptors (Lipinski definition) is 3. The van der Waals surface area contributed by atoms with Gasteiger partial charge in [0.2, 0.25) is 0 Å². The number of anilines is 1. The van der Waals surface area contributed by atoms with Crippen LogP contribution in [0.3, 0.4) is 0 Å². The summed E-state index contributed by atoms with van der Waals surface area (Å²) in [6.45, 7) is 3.01. The molecule has 4 nitrogen and oxygen atoms in total. The van der Waals surface area contributed by atoms with E-state index in [0.717, 1.165) is 26.1 Å². The average molecular weight is 270 g/mol. The molecule has 0 saturated carbocycles. The van der Waals surface area contributed by atoms with Crippen molar-refractivity contribution in [3.8, 4) is 0 Å². The van der Waals surface area contributed by atoms with Crippen molar-refractivity contribution in [3.05, 3.63) is 47.3 Å². The highest BCUT2D eigenvalue weighted by Gasteiger charge is 2.11. The molecule has 3 rings (SSSR count). The zero-order valence-corrected chi connectivity index (χ0v) is 12.0. The Bertz CT molecular complexity index is 574. The second kappa shape index (κ2) is 6.09. The molecule has 2 heterocycles. The number of nitrogens with one attached hydrogen (secondary N) is 2. The summed E-state index contributed by atoms with van der Waals surface area (Å²) in [7, 11) is 1.96. The van der Waals surface area contributed by atoms with Gasteiger partial charge in [0, 0.05) is 32.0 Å². The van der Waals surface area contributed by atoms with Gasteiger partial charge in [-0.25, -0.2) is 0 Å². The third kappa shape index (κ3) is 3.02. The fourth-order valence-electron chi connectivity index (χ4n) is 2.79. The first-order valence-corrected chi connectivity index (χ1v) is 7.36. The molecule has 0 atom stereocenters. The Morgan fingerprint density at radius 1 is 1.40 bits per heavy atom. The fraction of sp³-hybridized carbons (Fsp3) is 0.438. The summed E-state index contributed by atoms with van der Waals surface area (Å²) in [5.41, 5.74) is 5.48. The molecule has 0 fully saturated rings. The van der Waals surface area contributed by atoms with Crippen molar-refractivity contribution >= 4 is 5.69 Å². The Kier molecular flexibility index (Phi) is 4.02. The minimum Gasteiger partial charge on any atom is -0.385 e. The van der Waals surface area contributed by atoms with Gasteiger partial charge in [-0.1, -0.05) is 18.2 Å². The topological polar surface area (TPSA) is 41.9 Å². The number of nitrogens with zero attached hydrogens (tertiary/aromatic N) is 2. The van der Waals surface area contributed by atoms with Crippen LogP contribution in [0.5, 0.6) is 0 Å². The molecule has 1 aliphatic rings. The van der Waals surface area contributed by atoms with Gasteiger partial charge in [-0.15, -0.1) is 0 Å². The van der Waals surface area contributed by atoms with Gasteiger partial charge in [-0.3, -0.25) is 4.68 Å². The summed E-state index contributed by atoms with van der Waals surface area (Å²) < 4.78 is 1.85. The van der Waals surface area contributed by atoms with E-state index in [2.05, 4.69) is 40.1 Å². The van der Waals surface area contributed by atoms with Gasteiger partial charge in [-0.2, -0.15) is 5.10 Å². The molecule has 0 spiro atoms. The summed E-state index contributed by atoms with van der Waals surface area (Å²) in [4.78, 5) is 0. The van der Waals surface area contributed by atoms with Crippen LogP contribution in [0.4, 0.5) is 5.69 Å². The third-order valence-corrected chi connectivity index (χ3v) is 3.83. The molecule has 1 aromatic carbocycles. The van der Waals surface area contributed by atoms with Crippen molar-refractivity contribution in [2.24, 2.45) is 7.05 Å². The van der Waals surface area contributed by atoms with Gasteiger partial charge >= 0.3 is 0 Å². The van der Waals surface area contributed by atoms with Crippen LogP contribution in [-0.2, 0) is 26.4 Å². The second-order valence-electron chi connectivity index (χ2n) is 5.43. The summed E-state index contributed by atoms with van der Waals surface area (Å²) >= 11 is 0. The third-order valence-electron chi connectivity index (χ3n) is 3.83. The summed E-state index contributed by atoms with van der Waals surface area (Å²) in [6, 6.07) is 6.62. The zero-order chi connectivity index (χ0) is 13.8. The van der Waals surface area contributed by atoms with Crippen molar-refractivity contribution in [1.29, 1.82) is 0 Å². The van der Waals surface area contributed by atoms with E-state index in [4.69, 9.17) is 0 Å². The maximum atomic E-state index is 4.19. The minimum absolute atomic E-state index is 0.927. The lowest BCUT2D eigenvalue weighted by atomic mass is 9.99. The first-order chi connectivity index (χ1) is 9.83. The lowest BCUT2D eigenvalue weighted by Gasteiger charge is -2.21. The van der Waals surface area contributed by atoms with Gasteiger partial charge in [0.1, 0.15) is 0 Å². The maximum absolute atomic E-state index is 4.19. The number of fused-ring (bicyclic) bond motifs is 1. The quantitative estimate of drug-likeness (QED) is 0.818. The molecular formula is C16H22N4. The van der Waals surface area contributed by atoms with Crippen LogP contribution in [0.15, 0.2) is 30.6 Å². The highest BCUT2D eigenvalue weighted by atomic mass is 15.2. The number of para-hydroxylation sites is 1. The number of aryl methyl sites for hydroxylation is 2. The lowest BCUT2D eigenvalue weighted by Crippen LogP contribution is -2.20. The van der Waals surface area contributed by atoms with Gasteiger partial charge in [0.15, 0.2) is 0 Å². The van der Waals surface area contributed by atoms with E-state index in [1.807, 2.05) is 17.9 Å². The van der Waals surface area contributed by atoms with Crippen LogP contribution in [-0.4, -0.2) is 22.9 Å². The SMILES string of the molecule is Cn1cc(CCNCc2cccc3c2NCCC3)cn1. The molecule has 1 aliphatic heterocycles. The van der Waals surface area contributed by atoms with Crippen LogP contribution >= 0.6 is 0 Å².